The van der Waals surface area contributed by atoms with Crippen molar-refractivity contribution in [3.05, 3.63) is 87.1 Å². The summed E-state index contributed by atoms with van der Waals surface area (Å²) >= 11 is 8.73. The fraction of sp³-hybridized carbons (Fsp3) is 0.0833. The Bertz CT molecular complexity index is 1510. The number of nitrogens with one attached hydrogen (secondary N) is 1. The van der Waals surface area contributed by atoms with Crippen molar-refractivity contribution in [1.82, 2.24) is 14.5 Å². The molecular weight excluding hydrogens is 476 g/mol. The molecule has 3 heterocycles. The first kappa shape index (κ1) is 21.5. The zero-order valence-corrected chi connectivity index (χ0v) is 19.7. The number of benzene rings is 2. The largest absolute Gasteiger partial charge is 0.300 e. The lowest BCUT2D eigenvalue weighted by Crippen LogP contribution is -2.31. The summed E-state index contributed by atoms with van der Waals surface area (Å²) in [5.41, 5.74) is 3.14. The molecule has 0 aliphatic rings. The molecule has 0 saturated heterocycles. The molecule has 0 aliphatic carbocycles. The van der Waals surface area contributed by atoms with Crippen molar-refractivity contribution >= 4 is 55.5 Å². The van der Waals surface area contributed by atoms with E-state index in [2.05, 4.69) is 15.3 Å². The minimum absolute atomic E-state index is 0.266. The summed E-state index contributed by atoms with van der Waals surface area (Å²) in [5.74, 6) is -0.338. The fourth-order valence-electron chi connectivity index (χ4n) is 3.47. The molecule has 9 heteroatoms. The molecule has 1 N–H and O–H groups in total. The van der Waals surface area contributed by atoms with Gasteiger partial charge in [-0.2, -0.15) is 0 Å². The number of aromatic nitrogens is 3. The number of carbonyl (C=O) groups is 1. The molecule has 6 nitrogen and oxygen atoms in total. The van der Waals surface area contributed by atoms with E-state index in [1.165, 1.54) is 33.6 Å². The van der Waals surface area contributed by atoms with E-state index in [0.29, 0.717) is 20.4 Å². The summed E-state index contributed by atoms with van der Waals surface area (Å²) in [7, 11) is 0. The van der Waals surface area contributed by atoms with Crippen LogP contribution in [0.3, 0.4) is 0 Å². The van der Waals surface area contributed by atoms with E-state index in [9.17, 15) is 9.59 Å². The Labute approximate surface area is 202 Å². The topological polar surface area (TPSA) is 76.9 Å². The highest BCUT2D eigenvalue weighted by molar-refractivity contribution is 7.17. The zero-order valence-electron chi connectivity index (χ0n) is 17.4. The molecule has 1 atom stereocenters. The monoisotopic (exact) mass is 492 g/mol. The highest BCUT2D eigenvalue weighted by Gasteiger charge is 2.21. The number of anilines is 1. The van der Waals surface area contributed by atoms with Crippen molar-refractivity contribution in [2.75, 3.05) is 5.32 Å². The first-order valence-electron chi connectivity index (χ1n) is 10.1. The minimum Gasteiger partial charge on any atom is -0.300 e. The molecule has 2 aromatic carbocycles. The Morgan fingerprint density at radius 2 is 1.79 bits per heavy atom. The van der Waals surface area contributed by atoms with Gasteiger partial charge in [-0.15, -0.1) is 22.7 Å². The summed E-state index contributed by atoms with van der Waals surface area (Å²) < 4.78 is 1.36. The van der Waals surface area contributed by atoms with Gasteiger partial charge in [-0.25, -0.2) is 9.97 Å². The van der Waals surface area contributed by atoms with Crippen LogP contribution in [0.5, 0.6) is 0 Å². The van der Waals surface area contributed by atoms with Crippen LogP contribution in [0, 0.1) is 0 Å². The molecule has 1 amide bonds. The average molecular weight is 493 g/mol. The van der Waals surface area contributed by atoms with Gasteiger partial charge >= 0.3 is 0 Å². The number of rotatable bonds is 5. The third-order valence-corrected chi connectivity index (χ3v) is 7.17. The maximum atomic E-state index is 13.3. The molecule has 0 spiro atoms. The van der Waals surface area contributed by atoms with Crippen LogP contribution in [0.2, 0.25) is 5.02 Å². The van der Waals surface area contributed by atoms with E-state index < -0.39 is 6.04 Å². The molecule has 0 fully saturated rings. The van der Waals surface area contributed by atoms with Crippen LogP contribution in [0.15, 0.2) is 76.5 Å². The van der Waals surface area contributed by atoms with Gasteiger partial charge < -0.3 is 5.32 Å². The van der Waals surface area contributed by atoms with Gasteiger partial charge in [0.1, 0.15) is 10.9 Å². The van der Waals surface area contributed by atoms with Crippen molar-refractivity contribution in [3.8, 4) is 22.4 Å². The first-order chi connectivity index (χ1) is 16.0. The van der Waals surface area contributed by atoms with Gasteiger partial charge in [0.2, 0.25) is 5.91 Å². The molecular formula is C24H17ClN4O2S2. The summed E-state index contributed by atoms with van der Waals surface area (Å²) in [4.78, 5) is 35.8. The van der Waals surface area contributed by atoms with Crippen molar-refractivity contribution in [2.45, 2.75) is 13.0 Å². The first-order valence-corrected chi connectivity index (χ1v) is 12.2. The maximum Gasteiger partial charge on any atom is 0.263 e. The van der Waals surface area contributed by atoms with E-state index in [0.717, 1.165) is 22.4 Å². The predicted molar refractivity (Wildman–Crippen MR) is 135 cm³/mol. The smallest absolute Gasteiger partial charge is 0.263 e. The predicted octanol–water partition coefficient (Wildman–Crippen LogP) is 6.10. The number of amides is 1. The lowest BCUT2D eigenvalue weighted by molar-refractivity contribution is -0.118. The van der Waals surface area contributed by atoms with Crippen molar-refractivity contribution in [3.63, 3.8) is 0 Å². The zero-order chi connectivity index (χ0) is 22.9. The number of thiophene rings is 1. The molecule has 5 aromatic rings. The van der Waals surface area contributed by atoms with Gasteiger partial charge in [0.05, 0.1) is 17.4 Å². The third kappa shape index (κ3) is 4.20. The molecule has 5 rings (SSSR count). The summed E-state index contributed by atoms with van der Waals surface area (Å²) in [6, 6.07) is 16.3. The SMILES string of the molecule is CC(C(=O)Nc1nc(-c2ccccc2)cs1)n1cnc2scc(-c3ccc(Cl)cc3)c2c1=O. The van der Waals surface area contributed by atoms with Crippen molar-refractivity contribution < 1.29 is 4.79 Å². The van der Waals surface area contributed by atoms with Crippen LogP contribution in [0.4, 0.5) is 5.13 Å². The number of nitrogens with zero attached hydrogens (tertiary/aromatic N) is 3. The number of hydrogen-bond acceptors (Lipinski definition) is 6. The number of fused-ring (bicyclic) bond motifs is 1. The lowest BCUT2D eigenvalue weighted by Gasteiger charge is -2.14. The number of carbonyl (C=O) groups excluding carboxylic acids is 1. The van der Waals surface area contributed by atoms with Gasteiger partial charge in [-0.1, -0.05) is 54.1 Å². The van der Waals surface area contributed by atoms with Crippen LogP contribution in [-0.4, -0.2) is 20.4 Å². The molecule has 0 radical (unpaired) electrons. The van der Waals surface area contributed by atoms with Crippen molar-refractivity contribution in [1.29, 1.82) is 0 Å². The van der Waals surface area contributed by atoms with Crippen LogP contribution in [-0.2, 0) is 4.79 Å². The Hall–Kier alpha value is -3.33. The minimum atomic E-state index is -0.767. The van der Waals surface area contributed by atoms with Gasteiger partial charge in [-0.05, 0) is 24.6 Å². The normalized spacial score (nSPS) is 12.1. The molecule has 0 bridgehead atoms. The van der Waals surface area contributed by atoms with E-state index in [4.69, 9.17) is 11.6 Å². The fourth-order valence-corrected chi connectivity index (χ4v) is 5.23. The Kier molecular flexibility index (Phi) is 5.80. The molecule has 0 saturated carbocycles. The second kappa shape index (κ2) is 8.90. The van der Waals surface area contributed by atoms with Crippen molar-refractivity contribution in [2.24, 2.45) is 0 Å². The lowest BCUT2D eigenvalue weighted by atomic mass is 10.1. The standard InChI is InChI=1S/C24H17ClN4O2S2/c1-14(21(30)28-24-27-19(12-33-24)16-5-3-2-4-6-16)29-13-26-22-20(23(29)31)18(11-32-22)15-7-9-17(25)10-8-15/h2-14H,1H3,(H,27,28,30). The molecule has 164 valence electrons. The highest BCUT2D eigenvalue weighted by Crippen LogP contribution is 2.31. The van der Waals surface area contributed by atoms with Crippen LogP contribution >= 0.6 is 34.3 Å². The number of halogens is 1. The third-order valence-electron chi connectivity index (χ3n) is 5.28. The Morgan fingerprint density at radius 3 is 2.55 bits per heavy atom. The number of thiazole rings is 1. The van der Waals surface area contributed by atoms with Gasteiger partial charge in [-0.3, -0.25) is 14.2 Å². The van der Waals surface area contributed by atoms with Gasteiger partial charge in [0.25, 0.3) is 5.56 Å². The van der Waals surface area contributed by atoms with Crippen LogP contribution in [0.25, 0.3) is 32.6 Å². The summed E-state index contributed by atoms with van der Waals surface area (Å²) in [5, 5.41) is 8.20. The molecule has 33 heavy (non-hydrogen) atoms. The van der Waals surface area contributed by atoms with Crippen LogP contribution in [0.1, 0.15) is 13.0 Å². The molecule has 3 aromatic heterocycles. The average Bonchev–Trinajstić information content (AvgIpc) is 3.48. The van der Waals surface area contributed by atoms with Gasteiger partial charge in [0.15, 0.2) is 5.13 Å². The highest BCUT2D eigenvalue weighted by atomic mass is 35.5. The van der Waals surface area contributed by atoms with Crippen LogP contribution < -0.4 is 10.9 Å². The summed E-state index contributed by atoms with van der Waals surface area (Å²) in [6.07, 6.45) is 1.42. The maximum absolute atomic E-state index is 13.3. The molecule has 0 aliphatic heterocycles. The second-order valence-electron chi connectivity index (χ2n) is 7.36. The Morgan fingerprint density at radius 1 is 1.03 bits per heavy atom. The van der Waals surface area contributed by atoms with E-state index in [-0.39, 0.29) is 11.5 Å². The quantitative estimate of drug-likeness (QED) is 0.321. The van der Waals surface area contributed by atoms with E-state index >= 15 is 0 Å². The molecule has 1 unspecified atom stereocenters. The number of hydrogen-bond donors (Lipinski definition) is 1. The summed E-state index contributed by atoms with van der Waals surface area (Å²) in [6.45, 7) is 1.67. The Balaban J connectivity index is 1.43. The van der Waals surface area contributed by atoms with Gasteiger partial charge in [0, 0.05) is 26.9 Å². The van der Waals surface area contributed by atoms with E-state index in [1.54, 1.807) is 19.1 Å². The van der Waals surface area contributed by atoms with E-state index in [1.807, 2.05) is 53.2 Å². The second-order valence-corrected chi connectivity index (χ2v) is 9.52.